The van der Waals surface area contributed by atoms with Gasteiger partial charge in [0.25, 0.3) is 0 Å². The van der Waals surface area contributed by atoms with E-state index >= 15 is 0 Å². The standard InChI is InChI=1S/C10H14N2O2/c11-2-4-12-3-1-8-5-9(13)7-10(14)6-8/h2,4-7,12-14H,1,3,11H2/b4-2-. The molecule has 0 heterocycles. The van der Waals surface area contributed by atoms with Crippen LogP contribution in [0.1, 0.15) is 5.56 Å². The Morgan fingerprint density at radius 3 is 2.43 bits per heavy atom. The molecular formula is C10H14N2O2. The summed E-state index contributed by atoms with van der Waals surface area (Å²) in [6.07, 6.45) is 3.77. The predicted molar refractivity (Wildman–Crippen MR) is 54.8 cm³/mol. The van der Waals surface area contributed by atoms with Gasteiger partial charge in [0.05, 0.1) is 0 Å². The van der Waals surface area contributed by atoms with E-state index in [0.29, 0.717) is 13.0 Å². The summed E-state index contributed by atoms with van der Waals surface area (Å²) in [7, 11) is 0. The maximum absolute atomic E-state index is 9.18. The van der Waals surface area contributed by atoms with E-state index in [9.17, 15) is 10.2 Å². The topological polar surface area (TPSA) is 78.5 Å². The number of phenolic OH excluding ortho intramolecular Hbond substituents is 2. The lowest BCUT2D eigenvalue weighted by molar-refractivity contribution is 0.449. The van der Waals surface area contributed by atoms with Gasteiger partial charge in [0.1, 0.15) is 11.5 Å². The fourth-order valence-electron chi connectivity index (χ4n) is 1.17. The molecular weight excluding hydrogens is 180 g/mol. The molecule has 0 aliphatic carbocycles. The van der Waals surface area contributed by atoms with E-state index in [0.717, 1.165) is 5.56 Å². The van der Waals surface area contributed by atoms with Gasteiger partial charge in [-0.15, -0.1) is 0 Å². The van der Waals surface area contributed by atoms with Gasteiger partial charge in [0.15, 0.2) is 0 Å². The third-order valence-corrected chi connectivity index (χ3v) is 1.73. The summed E-state index contributed by atoms with van der Waals surface area (Å²) in [5.41, 5.74) is 6.01. The molecule has 0 radical (unpaired) electrons. The van der Waals surface area contributed by atoms with Crippen molar-refractivity contribution in [1.29, 1.82) is 0 Å². The highest BCUT2D eigenvalue weighted by Crippen LogP contribution is 2.20. The van der Waals surface area contributed by atoms with Gasteiger partial charge in [-0.1, -0.05) is 0 Å². The quantitative estimate of drug-likeness (QED) is 0.531. The summed E-state index contributed by atoms with van der Waals surface area (Å²) in [5, 5.41) is 21.3. The maximum atomic E-state index is 9.18. The van der Waals surface area contributed by atoms with Crippen LogP contribution in [0, 0.1) is 0 Å². The highest BCUT2D eigenvalue weighted by atomic mass is 16.3. The Labute approximate surface area is 82.7 Å². The minimum absolute atomic E-state index is 0.0781. The van der Waals surface area contributed by atoms with Gasteiger partial charge in [-0.05, 0) is 24.1 Å². The van der Waals surface area contributed by atoms with Crippen molar-refractivity contribution >= 4 is 0 Å². The van der Waals surface area contributed by atoms with Gasteiger partial charge in [0.2, 0.25) is 0 Å². The number of hydrogen-bond donors (Lipinski definition) is 4. The molecule has 0 aliphatic rings. The minimum atomic E-state index is 0.0781. The molecule has 1 aromatic rings. The zero-order valence-corrected chi connectivity index (χ0v) is 7.77. The number of nitrogens with two attached hydrogens (primary N) is 1. The van der Waals surface area contributed by atoms with Crippen molar-refractivity contribution < 1.29 is 10.2 Å². The van der Waals surface area contributed by atoms with E-state index in [1.54, 1.807) is 18.3 Å². The highest BCUT2D eigenvalue weighted by Gasteiger charge is 1.97. The van der Waals surface area contributed by atoms with Crippen LogP contribution >= 0.6 is 0 Å². The first-order valence-corrected chi connectivity index (χ1v) is 4.34. The van der Waals surface area contributed by atoms with Crippen molar-refractivity contribution in [3.63, 3.8) is 0 Å². The molecule has 0 saturated heterocycles. The molecule has 0 fully saturated rings. The van der Waals surface area contributed by atoms with Crippen LogP contribution in [0.3, 0.4) is 0 Å². The average molecular weight is 194 g/mol. The number of nitrogens with one attached hydrogen (secondary N) is 1. The number of aromatic hydroxyl groups is 2. The third kappa shape index (κ3) is 3.26. The second-order valence-electron chi connectivity index (χ2n) is 2.92. The maximum Gasteiger partial charge on any atom is 0.119 e. The van der Waals surface area contributed by atoms with Crippen molar-refractivity contribution in [1.82, 2.24) is 5.32 Å². The van der Waals surface area contributed by atoms with Crippen LogP contribution in [0.4, 0.5) is 0 Å². The fourth-order valence-corrected chi connectivity index (χ4v) is 1.17. The molecule has 14 heavy (non-hydrogen) atoms. The highest BCUT2D eigenvalue weighted by molar-refractivity contribution is 5.36. The molecule has 1 aromatic carbocycles. The van der Waals surface area contributed by atoms with Crippen LogP contribution in [0.5, 0.6) is 11.5 Å². The van der Waals surface area contributed by atoms with Crippen LogP contribution in [0.15, 0.2) is 30.6 Å². The molecule has 0 unspecified atom stereocenters. The Hall–Kier alpha value is -1.84. The molecule has 0 aliphatic heterocycles. The van der Waals surface area contributed by atoms with Crippen molar-refractivity contribution in [3.8, 4) is 11.5 Å². The van der Waals surface area contributed by atoms with E-state index in [2.05, 4.69) is 5.32 Å². The lowest BCUT2D eigenvalue weighted by atomic mass is 10.1. The first kappa shape index (κ1) is 10.2. The molecule has 0 aromatic heterocycles. The molecule has 0 atom stereocenters. The molecule has 4 nitrogen and oxygen atoms in total. The second kappa shape index (κ2) is 5.01. The van der Waals surface area contributed by atoms with Gasteiger partial charge in [-0.3, -0.25) is 0 Å². The predicted octanol–water partition coefficient (Wildman–Crippen LogP) is 0.660. The fraction of sp³-hybridized carbons (Fsp3) is 0.200. The SMILES string of the molecule is N/C=C\NCCc1cc(O)cc(O)c1. The van der Waals surface area contributed by atoms with Gasteiger partial charge in [-0.2, -0.15) is 0 Å². The van der Waals surface area contributed by atoms with E-state index < -0.39 is 0 Å². The van der Waals surface area contributed by atoms with E-state index in [1.807, 2.05) is 0 Å². The van der Waals surface area contributed by atoms with Crippen molar-refractivity contribution in [2.75, 3.05) is 6.54 Å². The summed E-state index contributed by atoms with van der Waals surface area (Å²) in [6, 6.07) is 4.54. The molecule has 76 valence electrons. The molecule has 4 heteroatoms. The summed E-state index contributed by atoms with van der Waals surface area (Å²) in [4.78, 5) is 0. The largest absolute Gasteiger partial charge is 0.508 e. The first-order chi connectivity index (χ1) is 6.72. The van der Waals surface area contributed by atoms with Gasteiger partial charge < -0.3 is 21.3 Å². The summed E-state index contributed by atoms with van der Waals surface area (Å²) in [6.45, 7) is 0.705. The number of benzene rings is 1. The molecule has 0 spiro atoms. The lowest BCUT2D eigenvalue weighted by Gasteiger charge is -2.03. The lowest BCUT2D eigenvalue weighted by Crippen LogP contribution is -2.10. The number of phenols is 2. The zero-order chi connectivity index (χ0) is 10.4. The molecule has 0 saturated carbocycles. The van der Waals surface area contributed by atoms with E-state index in [4.69, 9.17) is 5.73 Å². The second-order valence-corrected chi connectivity index (χ2v) is 2.92. The monoisotopic (exact) mass is 194 g/mol. The van der Waals surface area contributed by atoms with Gasteiger partial charge >= 0.3 is 0 Å². The zero-order valence-electron chi connectivity index (χ0n) is 7.77. The first-order valence-electron chi connectivity index (χ1n) is 4.34. The van der Waals surface area contributed by atoms with Crippen LogP contribution in [-0.4, -0.2) is 16.8 Å². The van der Waals surface area contributed by atoms with E-state index in [1.165, 1.54) is 12.3 Å². The summed E-state index contributed by atoms with van der Waals surface area (Å²) in [5.74, 6) is 0.156. The van der Waals surface area contributed by atoms with Crippen LogP contribution < -0.4 is 11.1 Å². The summed E-state index contributed by atoms with van der Waals surface area (Å²) < 4.78 is 0. The van der Waals surface area contributed by atoms with Crippen molar-refractivity contribution in [2.45, 2.75) is 6.42 Å². The van der Waals surface area contributed by atoms with Gasteiger partial charge in [-0.25, -0.2) is 0 Å². The Kier molecular flexibility index (Phi) is 3.67. The van der Waals surface area contributed by atoms with Crippen molar-refractivity contribution in [2.24, 2.45) is 5.73 Å². The minimum Gasteiger partial charge on any atom is -0.508 e. The normalized spacial score (nSPS) is 10.6. The molecule has 5 N–H and O–H groups in total. The third-order valence-electron chi connectivity index (χ3n) is 1.73. The van der Waals surface area contributed by atoms with Gasteiger partial charge in [0, 0.05) is 25.0 Å². The van der Waals surface area contributed by atoms with Crippen LogP contribution in [0.25, 0.3) is 0 Å². The Balaban J connectivity index is 2.50. The Morgan fingerprint density at radius 2 is 1.86 bits per heavy atom. The molecule has 0 bridgehead atoms. The number of rotatable bonds is 4. The average Bonchev–Trinajstić information content (AvgIpc) is 2.11. The van der Waals surface area contributed by atoms with Crippen molar-refractivity contribution in [3.05, 3.63) is 36.2 Å². The Bertz CT molecular complexity index is 304. The smallest absolute Gasteiger partial charge is 0.119 e. The van der Waals surface area contributed by atoms with E-state index in [-0.39, 0.29) is 11.5 Å². The molecule has 0 amide bonds. The number of hydrogen-bond acceptors (Lipinski definition) is 4. The Morgan fingerprint density at radius 1 is 1.21 bits per heavy atom. The van der Waals surface area contributed by atoms with Crippen LogP contribution in [-0.2, 0) is 6.42 Å². The van der Waals surface area contributed by atoms with Crippen LogP contribution in [0.2, 0.25) is 0 Å². The summed E-state index contributed by atoms with van der Waals surface area (Å²) >= 11 is 0. The molecule has 1 rings (SSSR count).